The van der Waals surface area contributed by atoms with E-state index in [2.05, 4.69) is 5.32 Å². The van der Waals surface area contributed by atoms with Crippen LogP contribution in [0.2, 0.25) is 5.02 Å². The van der Waals surface area contributed by atoms with Crippen LogP contribution in [0.4, 0.5) is 5.69 Å². The van der Waals surface area contributed by atoms with Crippen LogP contribution in [-0.4, -0.2) is 28.0 Å². The van der Waals surface area contributed by atoms with Gasteiger partial charge in [-0.15, -0.1) is 0 Å². The summed E-state index contributed by atoms with van der Waals surface area (Å²) in [5.41, 5.74) is 3.59. The highest BCUT2D eigenvalue weighted by Gasteiger charge is 2.19. The standard InChI is InChI=1S/C25H20ClN3O4S/c1-14-7-15(2)9-16(8-14)29-24(31)17-5-3-4-6-19(17)28-25(29)34-12-23(30)27-20-11-22-21(10-18(20)26)32-13-33-22/h3-11H,12-13H2,1-2H3,(H,27,30). The summed E-state index contributed by atoms with van der Waals surface area (Å²) < 4.78 is 12.2. The maximum atomic E-state index is 13.4. The molecule has 1 aromatic heterocycles. The lowest BCUT2D eigenvalue weighted by Crippen LogP contribution is -2.23. The largest absolute Gasteiger partial charge is 0.454 e. The number of carbonyl (C=O) groups excluding carboxylic acids is 1. The van der Waals surface area contributed by atoms with E-state index in [1.54, 1.807) is 28.8 Å². The van der Waals surface area contributed by atoms with Crippen molar-refractivity contribution >= 4 is 45.9 Å². The van der Waals surface area contributed by atoms with Crippen molar-refractivity contribution in [3.05, 3.63) is 81.1 Å². The number of nitrogens with zero attached hydrogens (tertiary/aromatic N) is 2. The first kappa shape index (κ1) is 22.3. The first-order valence-corrected chi connectivity index (χ1v) is 11.9. The second-order valence-electron chi connectivity index (χ2n) is 7.92. The number of hydrogen-bond donors (Lipinski definition) is 1. The van der Waals surface area contributed by atoms with E-state index in [-0.39, 0.29) is 24.0 Å². The van der Waals surface area contributed by atoms with Crippen LogP contribution in [0.15, 0.2) is 64.5 Å². The van der Waals surface area contributed by atoms with Crippen LogP contribution in [-0.2, 0) is 4.79 Å². The van der Waals surface area contributed by atoms with Gasteiger partial charge < -0.3 is 14.8 Å². The lowest BCUT2D eigenvalue weighted by atomic mass is 10.1. The van der Waals surface area contributed by atoms with Gasteiger partial charge in [-0.1, -0.05) is 41.6 Å². The van der Waals surface area contributed by atoms with Crippen molar-refractivity contribution in [2.75, 3.05) is 17.9 Å². The number of halogens is 1. The number of nitrogens with one attached hydrogen (secondary N) is 1. The number of fused-ring (bicyclic) bond motifs is 2. The van der Waals surface area contributed by atoms with E-state index in [4.69, 9.17) is 26.1 Å². The van der Waals surface area contributed by atoms with Crippen molar-refractivity contribution in [2.24, 2.45) is 0 Å². The number of anilines is 1. The van der Waals surface area contributed by atoms with Crippen molar-refractivity contribution in [3.63, 3.8) is 0 Å². The highest BCUT2D eigenvalue weighted by atomic mass is 35.5. The van der Waals surface area contributed by atoms with Gasteiger partial charge in [-0.2, -0.15) is 0 Å². The fraction of sp³-hybridized carbons (Fsp3) is 0.160. The van der Waals surface area contributed by atoms with E-state index in [0.717, 1.165) is 11.1 Å². The van der Waals surface area contributed by atoms with E-state index >= 15 is 0 Å². The molecule has 34 heavy (non-hydrogen) atoms. The molecule has 4 aromatic rings. The normalized spacial score (nSPS) is 12.2. The number of rotatable bonds is 5. The van der Waals surface area contributed by atoms with Gasteiger partial charge in [0.25, 0.3) is 5.56 Å². The van der Waals surface area contributed by atoms with Gasteiger partial charge in [0.15, 0.2) is 16.7 Å². The zero-order valence-corrected chi connectivity index (χ0v) is 20.0. The number of hydrogen-bond acceptors (Lipinski definition) is 6. The Balaban J connectivity index is 1.46. The molecule has 0 saturated carbocycles. The zero-order chi connectivity index (χ0) is 23.8. The van der Waals surface area contributed by atoms with Gasteiger partial charge in [-0.05, 0) is 49.2 Å². The van der Waals surface area contributed by atoms with Crippen molar-refractivity contribution in [3.8, 4) is 17.2 Å². The minimum absolute atomic E-state index is 0.0281. The van der Waals surface area contributed by atoms with E-state index < -0.39 is 0 Å². The molecule has 0 bridgehead atoms. The third kappa shape index (κ3) is 4.34. The third-order valence-corrected chi connectivity index (χ3v) is 6.53. The van der Waals surface area contributed by atoms with Crippen molar-refractivity contribution in [1.29, 1.82) is 0 Å². The first-order chi connectivity index (χ1) is 16.4. The Labute approximate surface area is 204 Å². The molecule has 9 heteroatoms. The summed E-state index contributed by atoms with van der Waals surface area (Å²) in [6.07, 6.45) is 0. The molecule has 0 spiro atoms. The van der Waals surface area contributed by atoms with E-state index in [0.29, 0.717) is 44.0 Å². The summed E-state index contributed by atoms with van der Waals surface area (Å²) in [4.78, 5) is 30.9. The maximum Gasteiger partial charge on any atom is 0.266 e. The van der Waals surface area contributed by atoms with E-state index in [1.807, 2.05) is 44.2 Å². The van der Waals surface area contributed by atoms with E-state index in [9.17, 15) is 9.59 Å². The van der Waals surface area contributed by atoms with Crippen LogP contribution in [0.25, 0.3) is 16.6 Å². The average Bonchev–Trinajstić information content (AvgIpc) is 3.24. The molecular weight excluding hydrogens is 474 g/mol. The van der Waals surface area contributed by atoms with Crippen LogP contribution >= 0.6 is 23.4 Å². The first-order valence-electron chi connectivity index (χ1n) is 10.5. The van der Waals surface area contributed by atoms with Gasteiger partial charge in [0.1, 0.15) is 0 Å². The summed E-state index contributed by atoms with van der Waals surface area (Å²) >= 11 is 7.46. The van der Waals surface area contributed by atoms with Crippen LogP contribution in [0, 0.1) is 13.8 Å². The SMILES string of the molecule is Cc1cc(C)cc(-n2c(SCC(=O)Nc3cc4c(cc3Cl)OCO4)nc3ccccc3c2=O)c1. The fourth-order valence-electron chi connectivity index (χ4n) is 3.85. The van der Waals surface area contributed by atoms with Crippen molar-refractivity contribution < 1.29 is 14.3 Å². The highest BCUT2D eigenvalue weighted by Crippen LogP contribution is 2.39. The Morgan fingerprint density at radius 1 is 1.09 bits per heavy atom. The molecule has 0 saturated heterocycles. The smallest absolute Gasteiger partial charge is 0.266 e. The van der Waals surface area contributed by atoms with Crippen LogP contribution in [0.5, 0.6) is 11.5 Å². The molecule has 7 nitrogen and oxygen atoms in total. The van der Waals surface area contributed by atoms with Crippen LogP contribution in [0.3, 0.4) is 0 Å². The molecule has 1 N–H and O–H groups in total. The molecule has 0 aliphatic carbocycles. The van der Waals surface area contributed by atoms with Crippen LogP contribution in [0.1, 0.15) is 11.1 Å². The van der Waals surface area contributed by atoms with Gasteiger partial charge in [-0.25, -0.2) is 4.98 Å². The van der Waals surface area contributed by atoms with Crippen LogP contribution < -0.4 is 20.3 Å². The number of aromatic nitrogens is 2. The average molecular weight is 494 g/mol. The molecule has 0 unspecified atom stereocenters. The molecule has 2 heterocycles. The molecule has 0 fully saturated rings. The number of carbonyl (C=O) groups is 1. The number of para-hydroxylation sites is 1. The topological polar surface area (TPSA) is 82.5 Å². The number of thioether (sulfide) groups is 1. The van der Waals surface area contributed by atoms with Gasteiger partial charge >= 0.3 is 0 Å². The lowest BCUT2D eigenvalue weighted by molar-refractivity contribution is -0.113. The number of amides is 1. The molecule has 1 aliphatic rings. The Hall–Kier alpha value is -3.49. The molecule has 0 radical (unpaired) electrons. The fourth-order valence-corrected chi connectivity index (χ4v) is 4.86. The molecule has 1 amide bonds. The summed E-state index contributed by atoms with van der Waals surface area (Å²) in [5.74, 6) is 0.794. The second kappa shape index (κ2) is 9.04. The summed E-state index contributed by atoms with van der Waals surface area (Å²) in [6.45, 7) is 4.07. The monoisotopic (exact) mass is 493 g/mol. The quantitative estimate of drug-likeness (QED) is 0.307. The van der Waals surface area contributed by atoms with Gasteiger partial charge in [0.2, 0.25) is 12.7 Å². The summed E-state index contributed by atoms with van der Waals surface area (Å²) in [7, 11) is 0. The molecule has 0 atom stereocenters. The minimum atomic E-state index is -0.292. The second-order valence-corrected chi connectivity index (χ2v) is 9.27. The predicted octanol–water partition coefficient (Wildman–Crippen LogP) is 5.12. The van der Waals surface area contributed by atoms with E-state index in [1.165, 1.54) is 11.8 Å². The van der Waals surface area contributed by atoms with Gasteiger partial charge in [-0.3, -0.25) is 14.2 Å². The summed E-state index contributed by atoms with van der Waals surface area (Å²) in [5, 5.41) is 4.09. The lowest BCUT2D eigenvalue weighted by Gasteiger charge is -2.15. The Morgan fingerprint density at radius 2 is 1.79 bits per heavy atom. The molecule has 172 valence electrons. The van der Waals surface area contributed by atoms with Crippen molar-refractivity contribution in [2.45, 2.75) is 19.0 Å². The predicted molar refractivity (Wildman–Crippen MR) is 134 cm³/mol. The number of aryl methyl sites for hydroxylation is 2. The number of benzene rings is 3. The van der Waals surface area contributed by atoms with Gasteiger partial charge in [0.05, 0.1) is 33.1 Å². The van der Waals surface area contributed by atoms with Gasteiger partial charge in [0, 0.05) is 12.1 Å². The number of ether oxygens (including phenoxy) is 2. The molecule has 1 aliphatic heterocycles. The highest BCUT2D eigenvalue weighted by molar-refractivity contribution is 7.99. The Kier molecular flexibility index (Phi) is 5.93. The molecule has 3 aromatic carbocycles. The minimum Gasteiger partial charge on any atom is -0.454 e. The molecule has 5 rings (SSSR count). The zero-order valence-electron chi connectivity index (χ0n) is 18.4. The van der Waals surface area contributed by atoms with Crippen molar-refractivity contribution in [1.82, 2.24) is 9.55 Å². The Morgan fingerprint density at radius 3 is 2.56 bits per heavy atom. The Bertz CT molecular complexity index is 1480. The third-order valence-electron chi connectivity index (χ3n) is 5.28. The summed E-state index contributed by atoms with van der Waals surface area (Å²) in [6, 6.07) is 16.3. The molecular formula is C25H20ClN3O4S. The maximum absolute atomic E-state index is 13.4.